The second-order valence-corrected chi connectivity index (χ2v) is 12.3. The molecule has 0 spiro atoms. The van der Waals surface area contributed by atoms with Crippen LogP contribution in [-0.4, -0.2) is 96.7 Å². The van der Waals surface area contributed by atoms with Crippen LogP contribution in [0.3, 0.4) is 0 Å². The Kier molecular flexibility index (Phi) is 9.68. The molecule has 5 rings (SSSR count). The molecule has 3 N–H and O–H groups in total. The number of amides is 1. The normalized spacial score (nSPS) is 14.3. The van der Waals surface area contributed by atoms with E-state index in [1.54, 1.807) is 49.7 Å². The van der Waals surface area contributed by atoms with Gasteiger partial charge in [-0.2, -0.15) is 8.42 Å². The van der Waals surface area contributed by atoms with Gasteiger partial charge in [0.1, 0.15) is 23.9 Å². The second kappa shape index (κ2) is 13.6. The van der Waals surface area contributed by atoms with Crippen molar-refractivity contribution in [2.45, 2.75) is 5.75 Å². The standard InChI is InChI=1S/C31H37N7O6S/c1-5-30(39)33-26-17-25(28(43-4)18-29(26)44-15-14-38-12-10-36(2)11-13-38)35-31-32-9-8-24(34-31)23-19-37(3)27-16-21(6-7-22(23)27)20-45(40,41)42/h5-9,16-19H,1,10-15,20H2,2-4H3,(H,33,39)(H,32,34,35)(H,40,41,42). The van der Waals surface area contributed by atoms with Crippen molar-refractivity contribution in [1.82, 2.24) is 24.3 Å². The Morgan fingerprint density at radius 3 is 2.58 bits per heavy atom. The van der Waals surface area contributed by atoms with Crippen molar-refractivity contribution in [2.24, 2.45) is 7.05 Å². The average Bonchev–Trinajstić information content (AvgIpc) is 3.33. The molecule has 13 nitrogen and oxygen atoms in total. The summed E-state index contributed by atoms with van der Waals surface area (Å²) in [7, 11) is 1.35. The van der Waals surface area contributed by atoms with E-state index in [4.69, 9.17) is 14.5 Å². The van der Waals surface area contributed by atoms with Crippen LogP contribution in [0.15, 0.2) is 61.4 Å². The predicted molar refractivity (Wildman–Crippen MR) is 174 cm³/mol. The van der Waals surface area contributed by atoms with E-state index in [1.165, 1.54) is 6.08 Å². The van der Waals surface area contributed by atoms with Crippen molar-refractivity contribution in [2.75, 3.05) is 64.1 Å². The molecule has 4 aromatic rings. The van der Waals surface area contributed by atoms with E-state index in [0.717, 1.165) is 49.2 Å². The van der Waals surface area contributed by atoms with Crippen LogP contribution in [0.2, 0.25) is 0 Å². The number of carbonyl (C=O) groups is 1. The lowest BCUT2D eigenvalue weighted by Crippen LogP contribution is -2.45. The van der Waals surface area contributed by atoms with Crippen LogP contribution in [0.1, 0.15) is 5.56 Å². The Morgan fingerprint density at radius 2 is 1.87 bits per heavy atom. The summed E-state index contributed by atoms with van der Waals surface area (Å²) in [6.45, 7) is 8.71. The first-order chi connectivity index (χ1) is 21.5. The number of aromatic nitrogens is 3. The largest absolute Gasteiger partial charge is 0.494 e. The topological polar surface area (TPSA) is 151 Å². The summed E-state index contributed by atoms with van der Waals surface area (Å²) in [4.78, 5) is 26.0. The maximum absolute atomic E-state index is 12.3. The van der Waals surface area contributed by atoms with Gasteiger partial charge < -0.3 is 29.6 Å². The zero-order chi connectivity index (χ0) is 32.1. The summed E-state index contributed by atoms with van der Waals surface area (Å²) in [5.41, 5.74) is 3.64. The number of hydrogen-bond acceptors (Lipinski definition) is 10. The van der Waals surface area contributed by atoms with E-state index in [-0.39, 0.29) is 11.9 Å². The van der Waals surface area contributed by atoms with E-state index in [1.807, 2.05) is 17.8 Å². The maximum Gasteiger partial charge on any atom is 0.269 e. The van der Waals surface area contributed by atoms with E-state index in [0.29, 0.717) is 40.7 Å². The van der Waals surface area contributed by atoms with Gasteiger partial charge in [0.2, 0.25) is 11.9 Å². The number of nitrogens with one attached hydrogen (secondary N) is 2. The Labute approximate surface area is 262 Å². The Morgan fingerprint density at radius 1 is 1.09 bits per heavy atom. The quantitative estimate of drug-likeness (QED) is 0.155. The van der Waals surface area contributed by atoms with Gasteiger partial charge in [0, 0.05) is 74.7 Å². The van der Waals surface area contributed by atoms with Crippen molar-refractivity contribution >= 4 is 44.3 Å². The number of anilines is 3. The van der Waals surface area contributed by atoms with Gasteiger partial charge in [0.05, 0.1) is 24.2 Å². The molecule has 1 aliphatic heterocycles. The molecular formula is C31H37N7O6S. The minimum Gasteiger partial charge on any atom is -0.494 e. The third kappa shape index (κ3) is 7.97. The lowest BCUT2D eigenvalue weighted by atomic mass is 10.1. The van der Waals surface area contributed by atoms with Crippen LogP contribution in [0.25, 0.3) is 22.2 Å². The molecule has 1 amide bonds. The molecule has 3 heterocycles. The van der Waals surface area contributed by atoms with Gasteiger partial charge in [-0.25, -0.2) is 9.97 Å². The number of benzene rings is 2. The molecule has 0 bridgehead atoms. The molecule has 14 heteroatoms. The maximum atomic E-state index is 12.3. The molecule has 2 aromatic heterocycles. The molecule has 238 valence electrons. The number of aryl methyl sites for hydroxylation is 1. The lowest BCUT2D eigenvalue weighted by Gasteiger charge is -2.32. The monoisotopic (exact) mass is 635 g/mol. The zero-order valence-corrected chi connectivity index (χ0v) is 26.3. The first-order valence-electron chi connectivity index (χ1n) is 14.4. The first-order valence-corrected chi connectivity index (χ1v) is 16.0. The van der Waals surface area contributed by atoms with Crippen LogP contribution < -0.4 is 20.1 Å². The highest BCUT2D eigenvalue weighted by Crippen LogP contribution is 2.38. The van der Waals surface area contributed by atoms with Gasteiger partial charge in [0.15, 0.2) is 0 Å². The lowest BCUT2D eigenvalue weighted by molar-refractivity contribution is -0.111. The van der Waals surface area contributed by atoms with Crippen LogP contribution in [0.4, 0.5) is 17.3 Å². The number of nitrogens with zero attached hydrogens (tertiary/aromatic N) is 5. The molecule has 2 aromatic carbocycles. The highest BCUT2D eigenvalue weighted by atomic mass is 32.2. The fourth-order valence-corrected chi connectivity index (χ4v) is 5.81. The van der Waals surface area contributed by atoms with Crippen LogP contribution >= 0.6 is 0 Å². The number of hydrogen-bond donors (Lipinski definition) is 3. The summed E-state index contributed by atoms with van der Waals surface area (Å²) >= 11 is 0. The minimum atomic E-state index is -4.16. The smallest absolute Gasteiger partial charge is 0.269 e. The summed E-state index contributed by atoms with van der Waals surface area (Å²) in [5, 5.41) is 6.87. The molecule has 1 aliphatic rings. The second-order valence-electron chi connectivity index (χ2n) is 10.9. The van der Waals surface area contributed by atoms with Crippen molar-refractivity contribution in [1.29, 1.82) is 0 Å². The minimum absolute atomic E-state index is 0.288. The Bertz CT molecular complexity index is 1820. The fourth-order valence-electron chi connectivity index (χ4n) is 5.21. The third-order valence-electron chi connectivity index (χ3n) is 7.59. The number of rotatable bonds is 12. The molecule has 0 radical (unpaired) electrons. The highest BCUT2D eigenvalue weighted by Gasteiger charge is 2.18. The number of carbonyl (C=O) groups excluding carboxylic acids is 1. The third-order valence-corrected chi connectivity index (χ3v) is 8.29. The van der Waals surface area contributed by atoms with Gasteiger partial charge in [-0.1, -0.05) is 18.7 Å². The van der Waals surface area contributed by atoms with Gasteiger partial charge in [-0.15, -0.1) is 0 Å². The molecule has 0 unspecified atom stereocenters. The van der Waals surface area contributed by atoms with Crippen LogP contribution in [0, 0.1) is 0 Å². The SMILES string of the molecule is C=CC(=O)Nc1cc(Nc2nccc(-c3cn(C)c4cc(CS(=O)(=O)O)ccc34)n2)c(OC)cc1OCCN1CCN(C)CC1. The number of fused-ring (bicyclic) bond motifs is 1. The van der Waals surface area contributed by atoms with E-state index in [9.17, 15) is 17.8 Å². The van der Waals surface area contributed by atoms with Crippen LogP contribution in [0.5, 0.6) is 11.5 Å². The zero-order valence-electron chi connectivity index (χ0n) is 25.5. The van der Waals surface area contributed by atoms with E-state index < -0.39 is 15.9 Å². The average molecular weight is 636 g/mol. The molecule has 1 saturated heterocycles. The molecule has 0 saturated carbocycles. The summed E-state index contributed by atoms with van der Waals surface area (Å²) in [5.74, 6) is 0.356. The fraction of sp³-hybridized carbons (Fsp3) is 0.323. The van der Waals surface area contributed by atoms with E-state index in [2.05, 4.69) is 39.0 Å². The number of ether oxygens (including phenoxy) is 2. The highest BCUT2D eigenvalue weighted by molar-refractivity contribution is 7.85. The molecule has 0 aliphatic carbocycles. The number of methoxy groups -OCH3 is 1. The van der Waals surface area contributed by atoms with Crippen molar-refractivity contribution in [3.05, 3.63) is 67.0 Å². The van der Waals surface area contributed by atoms with Gasteiger partial charge in [-0.05, 0) is 36.9 Å². The Balaban J connectivity index is 1.40. The van der Waals surface area contributed by atoms with Gasteiger partial charge in [0.25, 0.3) is 10.1 Å². The molecule has 0 atom stereocenters. The summed E-state index contributed by atoms with van der Waals surface area (Å²) < 4.78 is 45.7. The molecule has 1 fully saturated rings. The number of piperazine rings is 1. The molecule has 45 heavy (non-hydrogen) atoms. The Hall–Kier alpha value is -4.50. The van der Waals surface area contributed by atoms with Gasteiger partial charge in [-0.3, -0.25) is 14.2 Å². The summed E-state index contributed by atoms with van der Waals surface area (Å²) in [6, 6.07) is 10.4. The van der Waals surface area contributed by atoms with Gasteiger partial charge >= 0.3 is 0 Å². The van der Waals surface area contributed by atoms with Crippen molar-refractivity contribution in [3.63, 3.8) is 0 Å². The van der Waals surface area contributed by atoms with Crippen molar-refractivity contribution < 1.29 is 27.2 Å². The first kappa shape index (κ1) is 31.9. The predicted octanol–water partition coefficient (Wildman–Crippen LogP) is 3.53. The summed E-state index contributed by atoms with van der Waals surface area (Å²) in [6.07, 6.45) is 4.71. The number of likely N-dealkylation sites (N-methyl/N-ethyl adjacent to an activating group) is 1. The van der Waals surface area contributed by atoms with E-state index >= 15 is 0 Å². The van der Waals surface area contributed by atoms with Crippen molar-refractivity contribution in [3.8, 4) is 22.8 Å². The molecular weight excluding hydrogens is 598 g/mol. The van der Waals surface area contributed by atoms with Crippen LogP contribution in [-0.2, 0) is 27.7 Å².